The Morgan fingerprint density at radius 2 is 0.757 bits per heavy atom. The maximum atomic E-state index is 12.8. The second-order valence-electron chi connectivity index (χ2n) is 16.9. The molecule has 0 radical (unpaired) electrons. The Hall–Kier alpha value is -4.12. The molecule has 0 spiro atoms. The molecular formula is C58H93O11P. The SMILES string of the molecule is CC/C=C\C/C=C\C/C=C\C/C=C\C/C=C\CCCC(=O)OC(COC(=O)CCCC/C=C\C/C=C\C/C=C\C/C=C\CC)COP(=O)(O)OCC(CO)OC(=O)CCCCCCC/C=C\CCCC. The van der Waals surface area contributed by atoms with E-state index in [1.165, 1.54) is 12.8 Å². The van der Waals surface area contributed by atoms with E-state index in [9.17, 15) is 28.9 Å². The van der Waals surface area contributed by atoms with Crippen LogP contribution in [0.1, 0.15) is 188 Å². The zero-order chi connectivity index (χ0) is 51.3. The van der Waals surface area contributed by atoms with Gasteiger partial charge in [0.25, 0.3) is 0 Å². The van der Waals surface area contributed by atoms with Crippen LogP contribution in [0.25, 0.3) is 0 Å². The smallest absolute Gasteiger partial charge is 0.462 e. The van der Waals surface area contributed by atoms with Crippen molar-refractivity contribution in [1.82, 2.24) is 0 Å². The van der Waals surface area contributed by atoms with E-state index in [1.54, 1.807) is 0 Å². The quantitative estimate of drug-likeness (QED) is 0.0197. The molecule has 0 aromatic heterocycles. The van der Waals surface area contributed by atoms with Crippen LogP contribution in [-0.2, 0) is 42.2 Å². The van der Waals surface area contributed by atoms with E-state index >= 15 is 0 Å². The van der Waals surface area contributed by atoms with Gasteiger partial charge in [-0.1, -0.05) is 174 Å². The first kappa shape index (κ1) is 65.9. The van der Waals surface area contributed by atoms with Crippen molar-refractivity contribution in [2.75, 3.05) is 26.4 Å². The lowest BCUT2D eigenvalue weighted by Gasteiger charge is -2.21. The maximum absolute atomic E-state index is 12.8. The van der Waals surface area contributed by atoms with Gasteiger partial charge in [0.2, 0.25) is 0 Å². The maximum Gasteiger partial charge on any atom is 0.472 e. The molecule has 0 bridgehead atoms. The van der Waals surface area contributed by atoms with Crippen LogP contribution in [0.15, 0.2) is 122 Å². The standard InChI is InChI=1S/C58H93O11P/c1-4-7-10-13-16-19-22-24-26-27-29-31-34-37-40-43-46-49-58(62)69-55(51-65-56(60)47-44-41-38-35-33-30-28-25-23-20-17-14-11-8-5-2)53-67-70(63,64)66-52-54(50-59)68-57(61)48-45-42-39-36-32-21-18-15-12-9-6-3/h7-8,10-11,15-20,24-26,28-29,31,33,35,37,40,54-55,59H,4-6,9,12-14,21-23,27,30,32,34,36,38-39,41-53H2,1-3H3,(H,63,64)/b10-7-,11-8-,18-15-,19-16-,20-17-,26-24-,28-25-,31-29-,35-33-,40-37-. The number of aliphatic hydroxyl groups excluding tert-OH is 1. The third kappa shape index (κ3) is 48.9. The second kappa shape index (κ2) is 51.2. The Morgan fingerprint density at radius 1 is 0.414 bits per heavy atom. The summed E-state index contributed by atoms with van der Waals surface area (Å²) in [5.74, 6) is -1.61. The average molecular weight is 997 g/mol. The number of hydrogen-bond donors (Lipinski definition) is 2. The van der Waals surface area contributed by atoms with Gasteiger partial charge in [-0.15, -0.1) is 0 Å². The van der Waals surface area contributed by atoms with Gasteiger partial charge in [-0.05, 0) is 116 Å². The van der Waals surface area contributed by atoms with Crippen molar-refractivity contribution in [3.63, 3.8) is 0 Å². The zero-order valence-corrected chi connectivity index (χ0v) is 44.3. The minimum Gasteiger partial charge on any atom is -0.462 e. The number of carbonyl (C=O) groups excluding carboxylic acids is 3. The van der Waals surface area contributed by atoms with Crippen molar-refractivity contribution in [1.29, 1.82) is 0 Å². The van der Waals surface area contributed by atoms with E-state index in [-0.39, 0.29) is 25.9 Å². The molecular weight excluding hydrogens is 904 g/mol. The van der Waals surface area contributed by atoms with Crippen molar-refractivity contribution in [2.24, 2.45) is 0 Å². The molecule has 3 atom stereocenters. The number of ether oxygens (including phenoxy) is 3. The average Bonchev–Trinajstić information content (AvgIpc) is 3.35. The fourth-order valence-electron chi connectivity index (χ4n) is 6.36. The molecule has 396 valence electrons. The number of unbranched alkanes of at least 4 members (excludes halogenated alkanes) is 10. The van der Waals surface area contributed by atoms with Crippen molar-refractivity contribution in [2.45, 2.75) is 200 Å². The van der Waals surface area contributed by atoms with Gasteiger partial charge >= 0.3 is 25.7 Å². The Kier molecular flexibility index (Phi) is 48.2. The Balaban J connectivity index is 4.93. The van der Waals surface area contributed by atoms with Crippen LogP contribution in [0, 0.1) is 0 Å². The minimum absolute atomic E-state index is 0.0731. The lowest BCUT2D eigenvalue weighted by molar-refractivity contribution is -0.161. The summed E-state index contributed by atoms with van der Waals surface area (Å²) in [6.07, 6.45) is 61.8. The molecule has 0 aliphatic heterocycles. The lowest BCUT2D eigenvalue weighted by atomic mass is 10.1. The van der Waals surface area contributed by atoms with Gasteiger partial charge in [0.1, 0.15) is 12.7 Å². The molecule has 0 fully saturated rings. The van der Waals surface area contributed by atoms with E-state index in [0.29, 0.717) is 25.7 Å². The number of phosphoric acid groups is 1. The molecule has 0 saturated carbocycles. The number of allylic oxidation sites excluding steroid dienone is 20. The summed E-state index contributed by atoms with van der Waals surface area (Å²) in [7, 11) is -4.78. The highest BCUT2D eigenvalue weighted by Gasteiger charge is 2.28. The Morgan fingerprint density at radius 3 is 1.24 bits per heavy atom. The summed E-state index contributed by atoms with van der Waals surface area (Å²) in [6, 6.07) is 0. The van der Waals surface area contributed by atoms with Crippen LogP contribution in [0.2, 0.25) is 0 Å². The predicted octanol–water partition coefficient (Wildman–Crippen LogP) is 15.2. The van der Waals surface area contributed by atoms with Crippen LogP contribution < -0.4 is 0 Å². The summed E-state index contributed by atoms with van der Waals surface area (Å²) in [5.41, 5.74) is 0. The monoisotopic (exact) mass is 997 g/mol. The molecule has 70 heavy (non-hydrogen) atoms. The molecule has 11 nitrogen and oxygen atoms in total. The summed E-state index contributed by atoms with van der Waals surface area (Å²) in [6.45, 7) is 4.21. The molecule has 0 aliphatic carbocycles. The summed E-state index contributed by atoms with van der Waals surface area (Å²) in [4.78, 5) is 48.3. The van der Waals surface area contributed by atoms with Crippen LogP contribution in [0.4, 0.5) is 0 Å². The lowest BCUT2D eigenvalue weighted by Crippen LogP contribution is -2.30. The van der Waals surface area contributed by atoms with Crippen molar-refractivity contribution in [3.8, 4) is 0 Å². The Bertz CT molecular complexity index is 1630. The van der Waals surface area contributed by atoms with Crippen molar-refractivity contribution < 1.29 is 52.2 Å². The summed E-state index contributed by atoms with van der Waals surface area (Å²) in [5, 5.41) is 9.77. The number of esters is 3. The fourth-order valence-corrected chi connectivity index (χ4v) is 7.15. The van der Waals surface area contributed by atoms with E-state index in [0.717, 1.165) is 109 Å². The topological polar surface area (TPSA) is 155 Å². The Labute approximate surface area is 424 Å². The first-order valence-electron chi connectivity index (χ1n) is 26.4. The van der Waals surface area contributed by atoms with Gasteiger partial charge in [0.15, 0.2) is 6.10 Å². The molecule has 3 unspecified atom stereocenters. The number of rotatable bonds is 47. The van der Waals surface area contributed by atoms with Gasteiger partial charge < -0.3 is 24.2 Å². The predicted molar refractivity (Wildman–Crippen MR) is 288 cm³/mol. The van der Waals surface area contributed by atoms with Gasteiger partial charge in [0.05, 0.1) is 19.8 Å². The number of phosphoric ester groups is 1. The molecule has 12 heteroatoms. The summed E-state index contributed by atoms with van der Waals surface area (Å²) >= 11 is 0. The molecule has 0 aromatic rings. The number of aliphatic hydroxyl groups is 1. The zero-order valence-electron chi connectivity index (χ0n) is 43.4. The van der Waals surface area contributed by atoms with E-state index in [2.05, 4.69) is 130 Å². The van der Waals surface area contributed by atoms with Crippen molar-refractivity contribution in [3.05, 3.63) is 122 Å². The molecule has 0 aromatic carbocycles. The van der Waals surface area contributed by atoms with Gasteiger partial charge in [-0.25, -0.2) is 4.57 Å². The van der Waals surface area contributed by atoms with Crippen molar-refractivity contribution >= 4 is 25.7 Å². The fraction of sp³-hybridized carbons (Fsp3) is 0.603. The summed E-state index contributed by atoms with van der Waals surface area (Å²) < 4.78 is 39.3. The molecule has 0 amide bonds. The highest BCUT2D eigenvalue weighted by molar-refractivity contribution is 7.47. The highest BCUT2D eigenvalue weighted by Crippen LogP contribution is 2.43. The molecule has 0 heterocycles. The number of hydrogen-bond acceptors (Lipinski definition) is 10. The minimum atomic E-state index is -4.78. The molecule has 0 aliphatic rings. The van der Waals surface area contributed by atoms with E-state index < -0.39 is 57.8 Å². The third-order valence-corrected chi connectivity index (χ3v) is 11.3. The van der Waals surface area contributed by atoms with E-state index in [1.807, 2.05) is 12.2 Å². The van der Waals surface area contributed by atoms with Gasteiger partial charge in [-0.2, -0.15) is 0 Å². The van der Waals surface area contributed by atoms with Crippen LogP contribution >= 0.6 is 7.82 Å². The van der Waals surface area contributed by atoms with E-state index in [4.69, 9.17) is 23.3 Å². The van der Waals surface area contributed by atoms with Gasteiger partial charge in [-0.3, -0.25) is 23.4 Å². The molecule has 2 N–H and O–H groups in total. The largest absolute Gasteiger partial charge is 0.472 e. The van der Waals surface area contributed by atoms with Gasteiger partial charge in [0, 0.05) is 19.3 Å². The second-order valence-corrected chi connectivity index (χ2v) is 18.4. The first-order chi connectivity index (χ1) is 34.2. The highest BCUT2D eigenvalue weighted by atomic mass is 31.2. The first-order valence-corrected chi connectivity index (χ1v) is 27.9. The molecule has 0 rings (SSSR count). The molecule has 0 saturated heterocycles. The number of carbonyl (C=O) groups is 3. The van der Waals surface area contributed by atoms with Crippen LogP contribution in [-0.4, -0.2) is 66.5 Å². The van der Waals surface area contributed by atoms with Crippen LogP contribution in [0.5, 0.6) is 0 Å². The van der Waals surface area contributed by atoms with Crippen LogP contribution in [0.3, 0.4) is 0 Å². The normalized spacial score (nSPS) is 14.4. The third-order valence-electron chi connectivity index (χ3n) is 10.3.